The topological polar surface area (TPSA) is 32.8 Å². The van der Waals surface area contributed by atoms with Crippen molar-refractivity contribution in [3.8, 4) is 0 Å². The first kappa shape index (κ1) is 15.0. The molecule has 0 aromatic heterocycles. The summed E-state index contributed by atoms with van der Waals surface area (Å²) >= 11 is 0. The van der Waals surface area contributed by atoms with E-state index in [-0.39, 0.29) is 5.97 Å². The molecular weight excluding hydrogens is 252 g/mol. The fraction of sp³-hybridized carbons (Fsp3) is 0.562. The number of piperazine rings is 1. The molecule has 110 valence electrons. The molecule has 0 amide bonds. The largest absolute Gasteiger partial charge is 0.466 e. The van der Waals surface area contributed by atoms with Crippen molar-refractivity contribution in [3.63, 3.8) is 0 Å². The Morgan fingerprint density at radius 3 is 2.75 bits per heavy atom. The average molecular weight is 276 g/mol. The van der Waals surface area contributed by atoms with Crippen molar-refractivity contribution >= 4 is 5.97 Å². The summed E-state index contributed by atoms with van der Waals surface area (Å²) in [6, 6.07) is 10.9. The summed E-state index contributed by atoms with van der Waals surface area (Å²) < 4.78 is 5.02. The molecule has 1 aromatic carbocycles. The molecule has 0 aliphatic carbocycles. The zero-order valence-electron chi connectivity index (χ0n) is 12.4. The van der Waals surface area contributed by atoms with Gasteiger partial charge in [0.2, 0.25) is 0 Å². The van der Waals surface area contributed by atoms with Crippen LogP contribution in [0.5, 0.6) is 0 Å². The minimum absolute atomic E-state index is 0.0989. The minimum atomic E-state index is -0.0989. The number of rotatable bonds is 5. The fourth-order valence-corrected chi connectivity index (χ4v) is 2.68. The predicted molar refractivity (Wildman–Crippen MR) is 79.5 cm³/mol. The molecule has 0 spiro atoms. The minimum Gasteiger partial charge on any atom is -0.466 e. The standard InChI is InChI=1S/C16H24N2O2/c1-3-20-16(19)9-10-18-12-11-17(2)13-15(18)14-7-5-4-6-8-14/h4-8,15H,3,9-13H2,1-2H3. The van der Waals surface area contributed by atoms with Crippen LogP contribution in [-0.2, 0) is 9.53 Å². The highest BCUT2D eigenvalue weighted by molar-refractivity contribution is 5.69. The molecule has 1 atom stereocenters. The lowest BCUT2D eigenvalue weighted by Gasteiger charge is -2.40. The lowest BCUT2D eigenvalue weighted by atomic mass is 10.0. The quantitative estimate of drug-likeness (QED) is 0.769. The van der Waals surface area contributed by atoms with Gasteiger partial charge >= 0.3 is 5.97 Å². The molecule has 1 saturated heterocycles. The van der Waals surface area contributed by atoms with E-state index in [1.54, 1.807) is 0 Å². The van der Waals surface area contributed by atoms with Gasteiger partial charge in [0.15, 0.2) is 0 Å². The van der Waals surface area contributed by atoms with Crippen LogP contribution in [0, 0.1) is 0 Å². The molecule has 1 aliphatic heterocycles. The van der Waals surface area contributed by atoms with Crippen LogP contribution in [0.4, 0.5) is 0 Å². The molecule has 4 nitrogen and oxygen atoms in total. The van der Waals surface area contributed by atoms with Gasteiger partial charge in [-0.15, -0.1) is 0 Å². The average Bonchev–Trinajstić information content (AvgIpc) is 2.47. The van der Waals surface area contributed by atoms with Gasteiger partial charge in [-0.2, -0.15) is 0 Å². The van der Waals surface area contributed by atoms with Gasteiger partial charge in [0.25, 0.3) is 0 Å². The molecule has 1 heterocycles. The van der Waals surface area contributed by atoms with Crippen LogP contribution in [-0.4, -0.2) is 55.6 Å². The number of carbonyl (C=O) groups is 1. The number of carbonyl (C=O) groups excluding carboxylic acids is 1. The summed E-state index contributed by atoms with van der Waals surface area (Å²) in [4.78, 5) is 16.3. The maximum atomic E-state index is 11.5. The fourth-order valence-electron chi connectivity index (χ4n) is 2.68. The maximum absolute atomic E-state index is 11.5. The van der Waals surface area contributed by atoms with E-state index in [9.17, 15) is 4.79 Å². The Bertz CT molecular complexity index is 422. The van der Waals surface area contributed by atoms with Gasteiger partial charge in [-0.25, -0.2) is 0 Å². The predicted octanol–water partition coefficient (Wildman–Crippen LogP) is 1.93. The van der Waals surface area contributed by atoms with Gasteiger partial charge in [-0.05, 0) is 19.5 Å². The van der Waals surface area contributed by atoms with E-state index in [2.05, 4.69) is 41.1 Å². The van der Waals surface area contributed by atoms with Crippen molar-refractivity contribution < 1.29 is 9.53 Å². The smallest absolute Gasteiger partial charge is 0.307 e. The second kappa shape index (κ2) is 7.41. The van der Waals surface area contributed by atoms with Crippen LogP contribution in [0.3, 0.4) is 0 Å². The van der Waals surface area contributed by atoms with Crippen LogP contribution < -0.4 is 0 Å². The Hall–Kier alpha value is -1.39. The Morgan fingerprint density at radius 1 is 1.30 bits per heavy atom. The molecule has 1 aliphatic rings. The molecular formula is C16H24N2O2. The SMILES string of the molecule is CCOC(=O)CCN1CCN(C)CC1c1ccccc1. The molecule has 1 unspecified atom stereocenters. The van der Waals surface area contributed by atoms with E-state index in [4.69, 9.17) is 4.74 Å². The van der Waals surface area contributed by atoms with Gasteiger partial charge in [-0.1, -0.05) is 30.3 Å². The van der Waals surface area contributed by atoms with Crippen molar-refractivity contribution in [3.05, 3.63) is 35.9 Å². The Balaban J connectivity index is 1.99. The maximum Gasteiger partial charge on any atom is 0.307 e. The molecule has 0 saturated carbocycles. The third-order valence-electron chi connectivity index (χ3n) is 3.79. The third-order valence-corrected chi connectivity index (χ3v) is 3.79. The molecule has 0 radical (unpaired) electrons. The van der Waals surface area contributed by atoms with E-state index in [0.29, 0.717) is 19.1 Å². The second-order valence-electron chi connectivity index (χ2n) is 5.28. The van der Waals surface area contributed by atoms with Crippen LogP contribution in [0.1, 0.15) is 24.9 Å². The number of hydrogen-bond donors (Lipinski definition) is 0. The first-order chi connectivity index (χ1) is 9.70. The van der Waals surface area contributed by atoms with E-state index in [1.165, 1.54) is 5.56 Å². The summed E-state index contributed by atoms with van der Waals surface area (Å²) in [5, 5.41) is 0. The number of nitrogens with zero attached hydrogens (tertiary/aromatic N) is 2. The molecule has 4 heteroatoms. The van der Waals surface area contributed by atoms with Crippen LogP contribution in [0.25, 0.3) is 0 Å². The summed E-state index contributed by atoms with van der Waals surface area (Å²) in [6.07, 6.45) is 0.473. The van der Waals surface area contributed by atoms with Crippen LogP contribution in [0.2, 0.25) is 0 Å². The zero-order valence-corrected chi connectivity index (χ0v) is 12.4. The van der Waals surface area contributed by atoms with E-state index < -0.39 is 0 Å². The van der Waals surface area contributed by atoms with Crippen molar-refractivity contribution in [2.45, 2.75) is 19.4 Å². The number of benzene rings is 1. The summed E-state index contributed by atoms with van der Waals surface area (Å²) in [5.74, 6) is -0.0989. The molecule has 1 aromatic rings. The number of esters is 1. The number of hydrogen-bond acceptors (Lipinski definition) is 4. The van der Waals surface area contributed by atoms with Gasteiger partial charge < -0.3 is 9.64 Å². The first-order valence-electron chi connectivity index (χ1n) is 7.34. The lowest BCUT2D eigenvalue weighted by molar-refractivity contribution is -0.143. The highest BCUT2D eigenvalue weighted by Crippen LogP contribution is 2.24. The summed E-state index contributed by atoms with van der Waals surface area (Å²) in [6.45, 7) is 6.13. The normalized spacial score (nSPS) is 20.8. The molecule has 1 fully saturated rings. The number of likely N-dealkylation sites (N-methyl/N-ethyl adjacent to an activating group) is 1. The highest BCUT2D eigenvalue weighted by Gasteiger charge is 2.26. The van der Waals surface area contributed by atoms with Crippen LogP contribution in [0.15, 0.2) is 30.3 Å². The summed E-state index contributed by atoms with van der Waals surface area (Å²) in [7, 11) is 2.15. The zero-order chi connectivity index (χ0) is 14.4. The molecule has 0 N–H and O–H groups in total. The van der Waals surface area contributed by atoms with Crippen molar-refractivity contribution in [1.29, 1.82) is 0 Å². The Kier molecular flexibility index (Phi) is 5.56. The molecule has 20 heavy (non-hydrogen) atoms. The van der Waals surface area contributed by atoms with Crippen molar-refractivity contribution in [2.24, 2.45) is 0 Å². The van der Waals surface area contributed by atoms with E-state index in [0.717, 1.165) is 26.2 Å². The second-order valence-corrected chi connectivity index (χ2v) is 5.28. The van der Waals surface area contributed by atoms with Crippen LogP contribution >= 0.6 is 0 Å². The van der Waals surface area contributed by atoms with Crippen molar-refractivity contribution in [2.75, 3.05) is 39.8 Å². The molecule has 2 rings (SSSR count). The van der Waals surface area contributed by atoms with E-state index >= 15 is 0 Å². The Labute approximate surface area is 121 Å². The van der Waals surface area contributed by atoms with Gasteiger partial charge in [0.05, 0.1) is 13.0 Å². The van der Waals surface area contributed by atoms with Gasteiger partial charge in [0.1, 0.15) is 0 Å². The van der Waals surface area contributed by atoms with Gasteiger partial charge in [0, 0.05) is 32.2 Å². The van der Waals surface area contributed by atoms with E-state index in [1.807, 2.05) is 13.0 Å². The Morgan fingerprint density at radius 2 is 2.05 bits per heavy atom. The van der Waals surface area contributed by atoms with Gasteiger partial charge in [-0.3, -0.25) is 9.69 Å². The number of ether oxygens (including phenoxy) is 1. The first-order valence-corrected chi connectivity index (χ1v) is 7.34. The highest BCUT2D eigenvalue weighted by atomic mass is 16.5. The lowest BCUT2D eigenvalue weighted by Crippen LogP contribution is -2.47. The summed E-state index contributed by atoms with van der Waals surface area (Å²) in [5.41, 5.74) is 1.32. The van der Waals surface area contributed by atoms with Crippen molar-refractivity contribution in [1.82, 2.24) is 9.80 Å². The molecule has 0 bridgehead atoms. The third kappa shape index (κ3) is 4.05. The monoisotopic (exact) mass is 276 g/mol.